The Hall–Kier alpha value is -3.07. The van der Waals surface area contributed by atoms with Crippen molar-refractivity contribution in [2.45, 2.75) is 44.4 Å². The van der Waals surface area contributed by atoms with Gasteiger partial charge < -0.3 is 20.1 Å². The molecule has 0 spiro atoms. The van der Waals surface area contributed by atoms with Gasteiger partial charge in [-0.15, -0.1) is 0 Å². The lowest BCUT2D eigenvalue weighted by atomic mass is 9.90. The second kappa shape index (κ2) is 9.53. The molecule has 6 rings (SSSR count). The van der Waals surface area contributed by atoms with Crippen molar-refractivity contribution in [2.75, 3.05) is 31.6 Å². The lowest BCUT2D eigenvalue weighted by Crippen LogP contribution is -2.46. The highest BCUT2D eigenvalue weighted by atomic mass is 19.1. The highest BCUT2D eigenvalue weighted by molar-refractivity contribution is 6.12. The largest absolute Gasteiger partial charge is 0.392 e. The molecule has 35 heavy (non-hydrogen) atoms. The molecule has 3 N–H and O–H groups in total. The van der Waals surface area contributed by atoms with Gasteiger partial charge in [0.05, 0.1) is 25.2 Å². The third kappa shape index (κ3) is 4.37. The van der Waals surface area contributed by atoms with Crippen molar-refractivity contribution in [3.63, 3.8) is 0 Å². The topological polar surface area (TPSA) is 86.3 Å². The van der Waals surface area contributed by atoms with Gasteiger partial charge in [-0.25, -0.2) is 14.4 Å². The minimum Gasteiger partial charge on any atom is -0.392 e. The number of halogens is 1. The molecule has 2 aromatic heterocycles. The van der Waals surface area contributed by atoms with Crippen molar-refractivity contribution in [3.8, 4) is 11.1 Å². The van der Waals surface area contributed by atoms with Crippen LogP contribution in [0.15, 0.2) is 42.7 Å². The number of nitrogens with one attached hydrogen (secondary N) is 2. The summed E-state index contributed by atoms with van der Waals surface area (Å²) in [4.78, 5) is 15.1. The third-order valence-electron chi connectivity index (χ3n) is 7.54. The summed E-state index contributed by atoms with van der Waals surface area (Å²) in [6.07, 6.45) is 6.19. The van der Waals surface area contributed by atoms with Gasteiger partial charge >= 0.3 is 0 Å². The van der Waals surface area contributed by atoms with Crippen LogP contribution in [0.1, 0.15) is 31.2 Å². The molecule has 1 saturated heterocycles. The zero-order chi connectivity index (χ0) is 23.8. The van der Waals surface area contributed by atoms with Crippen LogP contribution in [0.2, 0.25) is 0 Å². The number of rotatable bonds is 5. The van der Waals surface area contributed by atoms with Gasteiger partial charge in [0.2, 0.25) is 0 Å². The highest BCUT2D eigenvalue weighted by Crippen LogP contribution is 2.34. The van der Waals surface area contributed by atoms with Gasteiger partial charge in [0.1, 0.15) is 23.6 Å². The molecule has 0 bridgehead atoms. The van der Waals surface area contributed by atoms with Gasteiger partial charge in [0.15, 0.2) is 0 Å². The average molecular weight is 476 g/mol. The van der Waals surface area contributed by atoms with Crippen molar-refractivity contribution in [1.82, 2.24) is 19.9 Å². The summed E-state index contributed by atoms with van der Waals surface area (Å²) in [5, 5.41) is 15.2. The quantitative estimate of drug-likeness (QED) is 0.395. The van der Waals surface area contributed by atoms with Crippen LogP contribution in [-0.2, 0) is 11.3 Å². The summed E-state index contributed by atoms with van der Waals surface area (Å²) in [5.74, 6) is 0.455. The zero-order valence-electron chi connectivity index (χ0n) is 19.6. The summed E-state index contributed by atoms with van der Waals surface area (Å²) in [6, 6.07) is 12.0. The second-order valence-electron chi connectivity index (χ2n) is 9.59. The lowest BCUT2D eigenvalue weighted by molar-refractivity contribution is 0.00791. The van der Waals surface area contributed by atoms with E-state index < -0.39 is 5.82 Å². The standard InChI is InChI=1S/C27H30FN5O2/c28-23-7-1-17(13-19(23)15-34)18-2-8-24-22(14-18)25-26(29-16-30-27(25)32-24)31-20-3-5-21(6-4-20)33-9-11-35-12-10-33/h1-2,7-8,13-14,16,20-21,34H,3-6,9-12,15H2,(H2,29,30,31,32). The van der Waals surface area contributed by atoms with E-state index in [1.165, 1.54) is 18.9 Å². The minimum atomic E-state index is -0.396. The van der Waals surface area contributed by atoms with E-state index in [4.69, 9.17) is 4.74 Å². The van der Waals surface area contributed by atoms with Crippen molar-refractivity contribution in [2.24, 2.45) is 0 Å². The number of aliphatic hydroxyl groups excluding tert-OH is 1. The zero-order valence-corrected chi connectivity index (χ0v) is 19.6. The molecule has 2 fully saturated rings. The maximum Gasteiger partial charge on any atom is 0.143 e. The number of hydrogen-bond acceptors (Lipinski definition) is 6. The lowest BCUT2D eigenvalue weighted by Gasteiger charge is -2.39. The van der Waals surface area contributed by atoms with Crippen LogP contribution in [-0.4, -0.2) is 63.3 Å². The summed E-state index contributed by atoms with van der Waals surface area (Å²) >= 11 is 0. The molecule has 2 aromatic carbocycles. The normalized spacial score (nSPS) is 21.5. The van der Waals surface area contributed by atoms with Gasteiger partial charge in [0, 0.05) is 41.6 Å². The van der Waals surface area contributed by atoms with Crippen LogP contribution >= 0.6 is 0 Å². The molecule has 0 unspecified atom stereocenters. The second-order valence-corrected chi connectivity index (χ2v) is 9.59. The molecule has 0 radical (unpaired) electrons. The molecule has 1 aliphatic heterocycles. The molecule has 0 atom stereocenters. The Morgan fingerprint density at radius 2 is 1.80 bits per heavy atom. The summed E-state index contributed by atoms with van der Waals surface area (Å²) in [7, 11) is 0. The number of hydrogen-bond donors (Lipinski definition) is 3. The molecule has 1 aliphatic carbocycles. The Labute approximate surface area is 203 Å². The maximum atomic E-state index is 13.9. The van der Waals surface area contributed by atoms with Crippen molar-refractivity contribution >= 4 is 27.8 Å². The smallest absolute Gasteiger partial charge is 0.143 e. The van der Waals surface area contributed by atoms with E-state index in [1.54, 1.807) is 18.5 Å². The minimum absolute atomic E-state index is 0.292. The van der Waals surface area contributed by atoms with Crippen LogP contribution < -0.4 is 5.32 Å². The molecule has 3 heterocycles. The van der Waals surface area contributed by atoms with E-state index in [1.807, 2.05) is 12.1 Å². The Morgan fingerprint density at radius 3 is 2.60 bits per heavy atom. The molecule has 1 saturated carbocycles. The monoisotopic (exact) mass is 475 g/mol. The van der Waals surface area contributed by atoms with E-state index >= 15 is 0 Å². The fourth-order valence-electron chi connectivity index (χ4n) is 5.61. The fourth-order valence-corrected chi connectivity index (χ4v) is 5.61. The average Bonchev–Trinajstić information content (AvgIpc) is 3.29. The molecular weight excluding hydrogens is 445 g/mol. The fraction of sp³-hybridized carbons (Fsp3) is 0.407. The summed E-state index contributed by atoms with van der Waals surface area (Å²) < 4.78 is 19.4. The molecular formula is C27H30FN5O2. The highest BCUT2D eigenvalue weighted by Gasteiger charge is 2.27. The first-order valence-corrected chi connectivity index (χ1v) is 12.4. The number of aliphatic hydroxyl groups is 1. The first-order valence-electron chi connectivity index (χ1n) is 12.4. The van der Waals surface area contributed by atoms with Gasteiger partial charge in [-0.2, -0.15) is 0 Å². The molecule has 8 heteroatoms. The number of morpholine rings is 1. The molecule has 0 amide bonds. The number of nitrogens with zero attached hydrogens (tertiary/aromatic N) is 3. The van der Waals surface area contributed by atoms with Gasteiger partial charge in [-0.05, 0) is 61.1 Å². The van der Waals surface area contributed by atoms with Crippen LogP contribution in [0.5, 0.6) is 0 Å². The maximum absolute atomic E-state index is 13.9. The Balaban J connectivity index is 1.27. The van der Waals surface area contributed by atoms with Crippen molar-refractivity contribution < 1.29 is 14.2 Å². The van der Waals surface area contributed by atoms with Gasteiger partial charge in [-0.3, -0.25) is 4.90 Å². The van der Waals surface area contributed by atoms with Gasteiger partial charge in [0.25, 0.3) is 0 Å². The van der Waals surface area contributed by atoms with E-state index in [-0.39, 0.29) is 6.61 Å². The number of aromatic nitrogens is 3. The molecule has 7 nitrogen and oxygen atoms in total. The SMILES string of the molecule is OCc1cc(-c2ccc3[nH]c4ncnc(NC5CCC(N6CCOCC6)CC5)c4c3c2)ccc1F. The number of benzene rings is 2. The van der Waals surface area contributed by atoms with Crippen LogP contribution in [0, 0.1) is 5.82 Å². The van der Waals surface area contributed by atoms with Crippen LogP contribution in [0.3, 0.4) is 0 Å². The predicted octanol–water partition coefficient (Wildman–Crippen LogP) is 4.46. The summed E-state index contributed by atoms with van der Waals surface area (Å²) in [6.45, 7) is 3.45. The number of aromatic amines is 1. The summed E-state index contributed by atoms with van der Waals surface area (Å²) in [5.41, 5.74) is 3.88. The first-order chi connectivity index (χ1) is 17.2. The van der Waals surface area contributed by atoms with Crippen molar-refractivity contribution in [3.05, 3.63) is 54.1 Å². The van der Waals surface area contributed by atoms with E-state index in [0.717, 1.165) is 78.0 Å². The molecule has 182 valence electrons. The number of fused-ring (bicyclic) bond motifs is 3. The van der Waals surface area contributed by atoms with Crippen molar-refractivity contribution in [1.29, 1.82) is 0 Å². The van der Waals surface area contributed by atoms with Gasteiger partial charge in [-0.1, -0.05) is 12.1 Å². The first kappa shape index (κ1) is 22.4. The Morgan fingerprint density at radius 1 is 1.03 bits per heavy atom. The van der Waals surface area contributed by atoms with Crippen LogP contribution in [0.4, 0.5) is 10.2 Å². The van der Waals surface area contributed by atoms with E-state index in [9.17, 15) is 9.50 Å². The molecule has 2 aliphatic rings. The number of H-pyrrole nitrogens is 1. The Bertz CT molecular complexity index is 1340. The third-order valence-corrected chi connectivity index (χ3v) is 7.54. The molecule has 4 aromatic rings. The van der Waals surface area contributed by atoms with E-state index in [2.05, 4.69) is 31.2 Å². The number of anilines is 1. The number of ether oxygens (including phenoxy) is 1. The Kier molecular flexibility index (Phi) is 6.10. The predicted molar refractivity (Wildman–Crippen MR) is 135 cm³/mol. The van der Waals surface area contributed by atoms with Crippen LogP contribution in [0.25, 0.3) is 33.1 Å². The van der Waals surface area contributed by atoms with E-state index in [0.29, 0.717) is 17.6 Å².